The summed E-state index contributed by atoms with van der Waals surface area (Å²) in [6.07, 6.45) is 1.17. The fraction of sp³-hybridized carbons (Fsp3) is 0.278. The third kappa shape index (κ3) is 4.58. The summed E-state index contributed by atoms with van der Waals surface area (Å²) in [6.45, 7) is 4.20. The number of nitrogens with one attached hydrogen (secondary N) is 1. The van der Waals surface area contributed by atoms with Crippen molar-refractivity contribution in [1.82, 2.24) is 5.32 Å². The molecule has 0 saturated carbocycles. The van der Waals surface area contributed by atoms with Gasteiger partial charge in [-0.3, -0.25) is 9.10 Å². The highest BCUT2D eigenvalue weighted by atomic mass is 32.2. The van der Waals surface area contributed by atoms with E-state index in [-0.39, 0.29) is 19.0 Å². The van der Waals surface area contributed by atoms with E-state index in [9.17, 15) is 13.2 Å². The minimum Gasteiger partial charge on any atom is -0.350 e. The molecule has 1 amide bonds. The van der Waals surface area contributed by atoms with Gasteiger partial charge in [-0.1, -0.05) is 30.3 Å². The molecule has 128 valence electrons. The number of amides is 1. The number of carbonyl (C=O) groups excluding carboxylic acids is 1. The highest BCUT2D eigenvalue weighted by Crippen LogP contribution is 2.23. The average molecular weight is 346 g/mol. The maximum atomic E-state index is 12.2. The molecule has 2 rings (SSSR count). The topological polar surface area (TPSA) is 66.5 Å². The lowest BCUT2D eigenvalue weighted by molar-refractivity contribution is 0.0955. The molecule has 0 unspecified atom stereocenters. The SMILES string of the molecule is Cc1ccc(C)c(N(CCNC(=O)c2ccccc2)S(C)(=O)=O)c1. The Labute approximate surface area is 143 Å². The van der Waals surface area contributed by atoms with Crippen LogP contribution in [0.4, 0.5) is 5.69 Å². The van der Waals surface area contributed by atoms with Crippen LogP contribution in [0.5, 0.6) is 0 Å². The van der Waals surface area contributed by atoms with Crippen LogP contribution in [-0.2, 0) is 10.0 Å². The molecule has 24 heavy (non-hydrogen) atoms. The normalized spacial score (nSPS) is 11.1. The molecule has 0 radical (unpaired) electrons. The van der Waals surface area contributed by atoms with Crippen LogP contribution in [0, 0.1) is 13.8 Å². The van der Waals surface area contributed by atoms with Gasteiger partial charge >= 0.3 is 0 Å². The first-order chi connectivity index (χ1) is 11.3. The number of hydrogen-bond donors (Lipinski definition) is 1. The number of rotatable bonds is 6. The Morgan fingerprint density at radius 1 is 1.08 bits per heavy atom. The van der Waals surface area contributed by atoms with Crippen molar-refractivity contribution in [3.8, 4) is 0 Å². The lowest BCUT2D eigenvalue weighted by atomic mass is 10.1. The number of carbonyl (C=O) groups is 1. The Morgan fingerprint density at radius 3 is 2.38 bits per heavy atom. The lowest BCUT2D eigenvalue weighted by Gasteiger charge is -2.24. The van der Waals surface area contributed by atoms with Gasteiger partial charge in [0.25, 0.3) is 5.91 Å². The van der Waals surface area contributed by atoms with E-state index in [0.29, 0.717) is 11.3 Å². The summed E-state index contributed by atoms with van der Waals surface area (Å²) in [5.41, 5.74) is 3.06. The van der Waals surface area contributed by atoms with Crippen molar-refractivity contribution in [3.63, 3.8) is 0 Å². The van der Waals surface area contributed by atoms with E-state index in [1.54, 1.807) is 24.3 Å². The van der Waals surface area contributed by atoms with Crippen molar-refractivity contribution in [1.29, 1.82) is 0 Å². The van der Waals surface area contributed by atoms with Gasteiger partial charge in [0.05, 0.1) is 18.5 Å². The van der Waals surface area contributed by atoms with Crippen LogP contribution in [-0.4, -0.2) is 33.7 Å². The fourth-order valence-corrected chi connectivity index (χ4v) is 3.39. The van der Waals surface area contributed by atoms with Gasteiger partial charge in [0, 0.05) is 12.1 Å². The van der Waals surface area contributed by atoms with Crippen molar-refractivity contribution in [2.75, 3.05) is 23.7 Å². The summed E-state index contributed by atoms with van der Waals surface area (Å²) in [6, 6.07) is 14.5. The number of anilines is 1. The van der Waals surface area contributed by atoms with Crippen LogP contribution < -0.4 is 9.62 Å². The fourth-order valence-electron chi connectivity index (χ4n) is 2.42. The van der Waals surface area contributed by atoms with E-state index in [0.717, 1.165) is 11.1 Å². The average Bonchev–Trinajstić information content (AvgIpc) is 2.53. The van der Waals surface area contributed by atoms with Gasteiger partial charge in [-0.05, 0) is 43.2 Å². The molecular weight excluding hydrogens is 324 g/mol. The van der Waals surface area contributed by atoms with Crippen molar-refractivity contribution >= 4 is 21.6 Å². The zero-order valence-corrected chi connectivity index (χ0v) is 14.9. The van der Waals surface area contributed by atoms with E-state index >= 15 is 0 Å². The molecule has 0 aromatic heterocycles. The Morgan fingerprint density at radius 2 is 1.75 bits per heavy atom. The highest BCUT2D eigenvalue weighted by molar-refractivity contribution is 7.92. The van der Waals surface area contributed by atoms with Crippen LogP contribution in [0.25, 0.3) is 0 Å². The summed E-state index contributed by atoms with van der Waals surface area (Å²) >= 11 is 0. The standard InChI is InChI=1S/C18H22N2O3S/c1-14-9-10-15(2)17(13-14)20(24(3,22)23)12-11-19-18(21)16-7-5-4-6-8-16/h4-10,13H,11-12H2,1-3H3,(H,19,21). The van der Waals surface area contributed by atoms with Crippen molar-refractivity contribution in [3.05, 3.63) is 65.2 Å². The number of nitrogens with zero attached hydrogens (tertiary/aromatic N) is 1. The highest BCUT2D eigenvalue weighted by Gasteiger charge is 2.19. The Bertz CT molecular complexity index is 817. The smallest absolute Gasteiger partial charge is 0.251 e. The summed E-state index contributed by atoms with van der Waals surface area (Å²) in [5, 5.41) is 2.76. The van der Waals surface area contributed by atoms with Crippen LogP contribution in [0.3, 0.4) is 0 Å². The lowest BCUT2D eigenvalue weighted by Crippen LogP contribution is -2.38. The molecule has 6 heteroatoms. The zero-order chi connectivity index (χ0) is 17.7. The van der Waals surface area contributed by atoms with Gasteiger partial charge in [-0.2, -0.15) is 0 Å². The molecule has 0 fully saturated rings. The zero-order valence-electron chi connectivity index (χ0n) is 14.1. The van der Waals surface area contributed by atoms with Crippen LogP contribution >= 0.6 is 0 Å². The first kappa shape index (κ1) is 18.0. The van der Waals surface area contributed by atoms with Gasteiger partial charge in [0.2, 0.25) is 10.0 Å². The minimum atomic E-state index is -3.44. The molecule has 2 aromatic carbocycles. The van der Waals surface area contributed by atoms with Gasteiger partial charge in [-0.15, -0.1) is 0 Å². The van der Waals surface area contributed by atoms with Crippen LogP contribution in [0.2, 0.25) is 0 Å². The summed E-state index contributed by atoms with van der Waals surface area (Å²) in [7, 11) is -3.44. The largest absolute Gasteiger partial charge is 0.350 e. The van der Waals surface area contributed by atoms with Gasteiger partial charge in [0.1, 0.15) is 0 Å². The van der Waals surface area contributed by atoms with Crippen molar-refractivity contribution in [2.24, 2.45) is 0 Å². The third-order valence-electron chi connectivity index (χ3n) is 3.67. The number of aryl methyl sites for hydroxylation is 2. The number of sulfonamides is 1. The molecule has 0 aliphatic heterocycles. The van der Waals surface area contributed by atoms with Gasteiger partial charge in [0.15, 0.2) is 0 Å². The molecule has 0 bridgehead atoms. The van der Waals surface area contributed by atoms with Crippen molar-refractivity contribution < 1.29 is 13.2 Å². The first-order valence-corrected chi connectivity index (χ1v) is 9.52. The monoisotopic (exact) mass is 346 g/mol. The summed E-state index contributed by atoms with van der Waals surface area (Å²) in [5.74, 6) is -0.218. The van der Waals surface area contributed by atoms with E-state index in [4.69, 9.17) is 0 Å². The van der Waals surface area contributed by atoms with E-state index in [1.807, 2.05) is 38.1 Å². The van der Waals surface area contributed by atoms with Crippen LogP contribution in [0.15, 0.2) is 48.5 Å². The number of hydrogen-bond acceptors (Lipinski definition) is 3. The Balaban J connectivity index is 2.11. The second-order valence-electron chi connectivity index (χ2n) is 5.75. The third-order valence-corrected chi connectivity index (χ3v) is 4.85. The molecule has 1 N–H and O–H groups in total. The predicted octanol–water partition coefficient (Wildman–Crippen LogP) is 2.50. The maximum Gasteiger partial charge on any atom is 0.251 e. The Kier molecular flexibility index (Phi) is 5.62. The summed E-state index contributed by atoms with van der Waals surface area (Å²) in [4.78, 5) is 12.1. The minimum absolute atomic E-state index is 0.182. The van der Waals surface area contributed by atoms with E-state index in [2.05, 4.69) is 5.32 Å². The Hall–Kier alpha value is -2.34. The van der Waals surface area contributed by atoms with Gasteiger partial charge < -0.3 is 5.32 Å². The van der Waals surface area contributed by atoms with Crippen molar-refractivity contribution in [2.45, 2.75) is 13.8 Å². The molecule has 2 aromatic rings. The quantitative estimate of drug-likeness (QED) is 0.874. The van der Waals surface area contributed by atoms with E-state index < -0.39 is 10.0 Å². The van der Waals surface area contributed by atoms with E-state index in [1.165, 1.54) is 10.6 Å². The molecule has 5 nitrogen and oxygen atoms in total. The molecule has 0 heterocycles. The summed E-state index contributed by atoms with van der Waals surface area (Å²) < 4.78 is 25.6. The molecule has 0 aliphatic rings. The second kappa shape index (κ2) is 7.49. The first-order valence-electron chi connectivity index (χ1n) is 7.67. The van der Waals surface area contributed by atoms with Crippen LogP contribution in [0.1, 0.15) is 21.5 Å². The molecular formula is C18H22N2O3S. The maximum absolute atomic E-state index is 12.2. The molecule has 0 spiro atoms. The second-order valence-corrected chi connectivity index (χ2v) is 7.65. The molecule has 0 atom stereocenters. The molecule has 0 saturated heterocycles. The predicted molar refractivity (Wildman–Crippen MR) is 96.9 cm³/mol. The van der Waals surface area contributed by atoms with Gasteiger partial charge in [-0.25, -0.2) is 8.42 Å². The molecule has 0 aliphatic carbocycles. The number of benzene rings is 2.